The number of nitrogens with one attached hydrogen (secondary N) is 1. The number of hydrogen-bond acceptors (Lipinski definition) is 3. The number of amides is 1. The summed E-state index contributed by atoms with van der Waals surface area (Å²) in [6.07, 6.45) is 7.97. The number of rotatable bonds is 3. The molecule has 1 saturated heterocycles. The minimum absolute atomic E-state index is 0.259. The summed E-state index contributed by atoms with van der Waals surface area (Å²) in [4.78, 5) is 13.1. The number of nitrogens with zero attached hydrogens (tertiary/aromatic N) is 1. The summed E-state index contributed by atoms with van der Waals surface area (Å²) in [6, 6.07) is 0.428. The molecule has 90 valence electrons. The second-order valence-corrected chi connectivity index (χ2v) is 4.63. The molecule has 0 aromatic carbocycles. The van der Waals surface area contributed by atoms with Crippen LogP contribution in [0.3, 0.4) is 0 Å². The largest absolute Gasteiger partial charge is 0.497 e. The van der Waals surface area contributed by atoms with Gasteiger partial charge in [-0.05, 0) is 25.3 Å². The molecule has 0 spiro atoms. The van der Waals surface area contributed by atoms with E-state index in [9.17, 15) is 4.79 Å². The first-order valence-corrected chi connectivity index (χ1v) is 6.03. The van der Waals surface area contributed by atoms with Gasteiger partial charge in [0.25, 0.3) is 0 Å². The third kappa shape index (κ3) is 2.98. The quantitative estimate of drug-likeness (QED) is 0.774. The molecular weight excluding hydrogens is 204 g/mol. The van der Waals surface area contributed by atoms with E-state index in [0.717, 1.165) is 32.4 Å². The van der Waals surface area contributed by atoms with Gasteiger partial charge in [-0.25, -0.2) is 0 Å². The van der Waals surface area contributed by atoms with Gasteiger partial charge < -0.3 is 15.0 Å². The summed E-state index contributed by atoms with van der Waals surface area (Å²) < 4.78 is 5.49. The van der Waals surface area contributed by atoms with Crippen molar-refractivity contribution in [1.29, 1.82) is 0 Å². The van der Waals surface area contributed by atoms with E-state index >= 15 is 0 Å². The Morgan fingerprint density at radius 3 is 3.12 bits per heavy atom. The molecule has 4 nitrogen and oxygen atoms in total. The third-order valence-corrected chi connectivity index (χ3v) is 3.28. The summed E-state index contributed by atoms with van der Waals surface area (Å²) >= 11 is 0. The zero-order valence-electron chi connectivity index (χ0n) is 9.82. The SMILES string of the molecule is CN1CC(NCC2CCC=CO2)CCC1=O. The average Bonchev–Trinajstić information content (AvgIpc) is 2.32. The van der Waals surface area contributed by atoms with Crippen molar-refractivity contribution < 1.29 is 9.53 Å². The second-order valence-electron chi connectivity index (χ2n) is 4.63. The fourth-order valence-corrected chi connectivity index (χ4v) is 2.21. The number of hydrogen-bond donors (Lipinski definition) is 1. The number of likely N-dealkylation sites (N-methyl/N-ethyl adjacent to an activating group) is 1. The number of carbonyl (C=O) groups excluding carboxylic acids is 1. The first kappa shape index (κ1) is 11.5. The van der Waals surface area contributed by atoms with Crippen LogP contribution in [0.15, 0.2) is 12.3 Å². The normalized spacial score (nSPS) is 30.3. The molecule has 2 rings (SSSR count). The molecule has 0 bridgehead atoms. The molecule has 0 radical (unpaired) electrons. The number of piperidine rings is 1. The molecule has 2 aliphatic heterocycles. The molecule has 2 atom stereocenters. The zero-order chi connectivity index (χ0) is 11.4. The molecule has 2 heterocycles. The maximum Gasteiger partial charge on any atom is 0.222 e. The molecule has 2 aliphatic rings. The minimum atomic E-state index is 0.259. The van der Waals surface area contributed by atoms with Gasteiger partial charge >= 0.3 is 0 Å². The van der Waals surface area contributed by atoms with Gasteiger partial charge in [-0.1, -0.05) is 0 Å². The number of ether oxygens (including phenoxy) is 1. The molecule has 1 amide bonds. The first-order chi connectivity index (χ1) is 7.75. The average molecular weight is 224 g/mol. The molecule has 0 saturated carbocycles. The van der Waals surface area contributed by atoms with Crippen LogP contribution in [-0.4, -0.2) is 43.1 Å². The third-order valence-electron chi connectivity index (χ3n) is 3.28. The standard InChI is InChI=1S/C12H20N2O2/c1-14-9-10(5-6-12(14)15)13-8-11-4-2-3-7-16-11/h3,7,10-11,13H,2,4-6,8-9H2,1H3. The van der Waals surface area contributed by atoms with Crippen molar-refractivity contribution in [3.8, 4) is 0 Å². The van der Waals surface area contributed by atoms with Crippen LogP contribution in [0.25, 0.3) is 0 Å². The Labute approximate surface area is 96.6 Å². The number of allylic oxidation sites excluding steroid dienone is 1. The summed E-state index contributed by atoms with van der Waals surface area (Å²) in [5.41, 5.74) is 0. The van der Waals surface area contributed by atoms with Crippen LogP contribution in [0.4, 0.5) is 0 Å². The van der Waals surface area contributed by atoms with Crippen LogP contribution in [0, 0.1) is 0 Å². The lowest BCUT2D eigenvalue weighted by Crippen LogP contribution is -2.48. The highest BCUT2D eigenvalue weighted by Crippen LogP contribution is 2.12. The van der Waals surface area contributed by atoms with Crippen molar-refractivity contribution in [2.75, 3.05) is 20.1 Å². The highest BCUT2D eigenvalue weighted by Gasteiger charge is 2.23. The first-order valence-electron chi connectivity index (χ1n) is 6.03. The minimum Gasteiger partial charge on any atom is -0.497 e. The van der Waals surface area contributed by atoms with Crippen molar-refractivity contribution in [1.82, 2.24) is 10.2 Å². The van der Waals surface area contributed by atoms with E-state index in [1.165, 1.54) is 0 Å². The topological polar surface area (TPSA) is 41.6 Å². The van der Waals surface area contributed by atoms with Crippen molar-refractivity contribution >= 4 is 5.91 Å². The molecule has 16 heavy (non-hydrogen) atoms. The molecule has 4 heteroatoms. The van der Waals surface area contributed by atoms with Gasteiger partial charge in [-0.15, -0.1) is 0 Å². The lowest BCUT2D eigenvalue weighted by molar-refractivity contribution is -0.132. The zero-order valence-corrected chi connectivity index (χ0v) is 9.82. The van der Waals surface area contributed by atoms with Gasteiger partial charge in [0, 0.05) is 32.6 Å². The van der Waals surface area contributed by atoms with Crippen LogP contribution >= 0.6 is 0 Å². The summed E-state index contributed by atoms with van der Waals surface area (Å²) in [6.45, 7) is 1.71. The van der Waals surface area contributed by atoms with Gasteiger partial charge in [-0.2, -0.15) is 0 Å². The molecule has 0 aromatic heterocycles. The van der Waals surface area contributed by atoms with Crippen LogP contribution in [0.1, 0.15) is 25.7 Å². The molecular formula is C12H20N2O2. The van der Waals surface area contributed by atoms with E-state index in [1.54, 1.807) is 6.26 Å². The highest BCUT2D eigenvalue weighted by atomic mass is 16.5. The fraction of sp³-hybridized carbons (Fsp3) is 0.750. The maximum atomic E-state index is 11.3. The fourth-order valence-electron chi connectivity index (χ4n) is 2.21. The predicted octanol–water partition coefficient (Wildman–Crippen LogP) is 0.889. The molecule has 0 aromatic rings. The Morgan fingerprint density at radius 1 is 1.56 bits per heavy atom. The Morgan fingerprint density at radius 2 is 2.44 bits per heavy atom. The van der Waals surface area contributed by atoms with Gasteiger partial charge in [-0.3, -0.25) is 4.79 Å². The van der Waals surface area contributed by atoms with Crippen molar-refractivity contribution in [2.45, 2.75) is 37.8 Å². The van der Waals surface area contributed by atoms with Gasteiger partial charge in [0.2, 0.25) is 5.91 Å². The molecule has 1 fully saturated rings. The van der Waals surface area contributed by atoms with Gasteiger partial charge in [0.15, 0.2) is 0 Å². The van der Waals surface area contributed by atoms with Crippen LogP contribution < -0.4 is 5.32 Å². The summed E-state index contributed by atoms with van der Waals surface area (Å²) in [7, 11) is 1.87. The van der Waals surface area contributed by atoms with Crippen molar-refractivity contribution in [2.24, 2.45) is 0 Å². The van der Waals surface area contributed by atoms with Crippen molar-refractivity contribution in [3.05, 3.63) is 12.3 Å². The lowest BCUT2D eigenvalue weighted by atomic mass is 10.0. The van der Waals surface area contributed by atoms with Crippen molar-refractivity contribution in [3.63, 3.8) is 0 Å². The smallest absolute Gasteiger partial charge is 0.222 e. The number of carbonyl (C=O) groups is 1. The Kier molecular flexibility index (Phi) is 3.83. The maximum absolute atomic E-state index is 11.3. The Balaban J connectivity index is 1.70. The van der Waals surface area contributed by atoms with Gasteiger partial charge in [0.1, 0.15) is 6.10 Å². The summed E-state index contributed by atoms with van der Waals surface area (Å²) in [5, 5.41) is 3.49. The highest BCUT2D eigenvalue weighted by molar-refractivity contribution is 5.76. The van der Waals surface area contributed by atoms with Crippen LogP contribution in [0.5, 0.6) is 0 Å². The predicted molar refractivity (Wildman–Crippen MR) is 61.9 cm³/mol. The summed E-state index contributed by atoms with van der Waals surface area (Å²) in [5.74, 6) is 0.259. The van der Waals surface area contributed by atoms with E-state index < -0.39 is 0 Å². The van der Waals surface area contributed by atoms with E-state index in [1.807, 2.05) is 11.9 Å². The molecule has 0 aliphatic carbocycles. The van der Waals surface area contributed by atoms with Crippen LogP contribution in [0.2, 0.25) is 0 Å². The lowest BCUT2D eigenvalue weighted by Gasteiger charge is -2.31. The van der Waals surface area contributed by atoms with Crippen LogP contribution in [-0.2, 0) is 9.53 Å². The van der Waals surface area contributed by atoms with E-state index in [-0.39, 0.29) is 5.91 Å². The Bertz CT molecular complexity index is 278. The molecule has 1 N–H and O–H groups in total. The van der Waals surface area contributed by atoms with E-state index in [4.69, 9.17) is 4.74 Å². The number of likely N-dealkylation sites (tertiary alicyclic amines) is 1. The van der Waals surface area contributed by atoms with E-state index in [0.29, 0.717) is 18.6 Å². The molecule has 2 unspecified atom stereocenters. The monoisotopic (exact) mass is 224 g/mol. The second kappa shape index (κ2) is 5.34. The van der Waals surface area contributed by atoms with Gasteiger partial charge in [0.05, 0.1) is 6.26 Å². The van der Waals surface area contributed by atoms with E-state index in [2.05, 4.69) is 11.4 Å². The Hall–Kier alpha value is -1.03.